The Hall–Kier alpha value is -1.97. The molecule has 1 amide bonds. The summed E-state index contributed by atoms with van der Waals surface area (Å²) in [5.74, 6) is -1.35. The number of carbonyl (C=O) groups excluding carboxylic acids is 1. The van der Waals surface area contributed by atoms with Gasteiger partial charge in [0.25, 0.3) is 5.91 Å². The van der Waals surface area contributed by atoms with E-state index in [1.807, 2.05) is 0 Å². The van der Waals surface area contributed by atoms with Gasteiger partial charge in [-0.25, -0.2) is 13.1 Å². The second-order valence-electron chi connectivity index (χ2n) is 5.88. The summed E-state index contributed by atoms with van der Waals surface area (Å²) in [6.07, 6.45) is 1.51. The van der Waals surface area contributed by atoms with Gasteiger partial charge in [0.05, 0.1) is 17.4 Å². The minimum atomic E-state index is -3.66. The minimum absolute atomic E-state index is 0.0650. The van der Waals surface area contributed by atoms with E-state index in [0.29, 0.717) is 12.2 Å². The van der Waals surface area contributed by atoms with Gasteiger partial charge < -0.3 is 14.7 Å². The smallest absolute Gasteiger partial charge is 0.305 e. The number of nitrogens with one attached hydrogen (secondary N) is 1. The molecular weight excluding hydrogens is 348 g/mol. The van der Waals surface area contributed by atoms with Crippen LogP contribution in [0.5, 0.6) is 0 Å². The van der Waals surface area contributed by atoms with E-state index in [1.165, 1.54) is 36.2 Å². The highest BCUT2D eigenvalue weighted by atomic mass is 32.2. The van der Waals surface area contributed by atoms with Gasteiger partial charge in [0.1, 0.15) is 0 Å². The molecule has 2 N–H and O–H groups in total. The number of carboxylic acids is 1. The van der Waals surface area contributed by atoms with E-state index < -0.39 is 16.0 Å². The van der Waals surface area contributed by atoms with Crippen molar-refractivity contribution in [2.45, 2.75) is 30.3 Å². The van der Waals surface area contributed by atoms with Gasteiger partial charge in [0.2, 0.25) is 10.0 Å². The van der Waals surface area contributed by atoms with Gasteiger partial charge >= 0.3 is 5.97 Å². The Balaban J connectivity index is 1.97. The Morgan fingerprint density at radius 2 is 2.00 bits per heavy atom. The van der Waals surface area contributed by atoms with E-state index in [2.05, 4.69) is 4.72 Å². The maximum Gasteiger partial charge on any atom is 0.305 e. The van der Waals surface area contributed by atoms with Crippen molar-refractivity contribution in [3.63, 3.8) is 0 Å². The largest absolute Gasteiger partial charge is 0.481 e. The number of ether oxygens (including phenoxy) is 1. The maximum atomic E-state index is 12.3. The lowest BCUT2D eigenvalue weighted by Gasteiger charge is -2.16. The van der Waals surface area contributed by atoms with Crippen LogP contribution in [0, 0.1) is 0 Å². The average molecular weight is 370 g/mol. The van der Waals surface area contributed by atoms with E-state index in [0.717, 1.165) is 12.8 Å². The van der Waals surface area contributed by atoms with Crippen LogP contribution in [0.3, 0.4) is 0 Å². The Kier molecular flexibility index (Phi) is 6.51. The normalized spacial score (nSPS) is 17.4. The summed E-state index contributed by atoms with van der Waals surface area (Å²) < 4.78 is 32.4. The molecule has 1 aromatic carbocycles. The first-order chi connectivity index (χ1) is 11.8. The number of carbonyl (C=O) groups is 2. The van der Waals surface area contributed by atoms with Gasteiger partial charge in [-0.05, 0) is 37.1 Å². The van der Waals surface area contributed by atoms with E-state index in [1.54, 1.807) is 0 Å². The van der Waals surface area contributed by atoms with Crippen LogP contribution in [0.15, 0.2) is 29.2 Å². The molecule has 1 aliphatic rings. The standard InChI is InChI=1S/C16H22N2O6S/c1-18(9-8-15(19)20)16(21)12-4-6-14(7-5-12)25(22,23)17-11-13-3-2-10-24-13/h4-7,13,17H,2-3,8-11H2,1H3,(H,19,20). The SMILES string of the molecule is CN(CCC(=O)O)C(=O)c1ccc(S(=O)(=O)NCC2CCCO2)cc1. The Labute approximate surface area is 146 Å². The van der Waals surface area contributed by atoms with Crippen molar-refractivity contribution < 1.29 is 27.9 Å². The van der Waals surface area contributed by atoms with Crippen molar-refractivity contribution in [1.29, 1.82) is 0 Å². The van der Waals surface area contributed by atoms with Crippen molar-refractivity contribution in [3.8, 4) is 0 Å². The lowest BCUT2D eigenvalue weighted by atomic mass is 10.2. The lowest BCUT2D eigenvalue weighted by Crippen LogP contribution is -2.32. The molecule has 1 heterocycles. The van der Waals surface area contributed by atoms with Gasteiger partial charge in [-0.2, -0.15) is 0 Å². The summed E-state index contributed by atoms with van der Waals surface area (Å²) in [6, 6.07) is 5.55. The van der Waals surface area contributed by atoms with Gasteiger partial charge in [0, 0.05) is 32.3 Å². The van der Waals surface area contributed by atoms with E-state index >= 15 is 0 Å². The number of hydrogen-bond donors (Lipinski definition) is 2. The summed E-state index contributed by atoms with van der Waals surface area (Å²) in [7, 11) is -2.17. The van der Waals surface area contributed by atoms with Crippen molar-refractivity contribution in [2.75, 3.05) is 26.7 Å². The predicted octanol–water partition coefficient (Wildman–Crippen LogP) is 0.691. The molecule has 1 atom stereocenters. The summed E-state index contributed by atoms with van der Waals surface area (Å²) >= 11 is 0. The fraction of sp³-hybridized carbons (Fsp3) is 0.500. The van der Waals surface area contributed by atoms with Crippen LogP contribution in [-0.2, 0) is 19.6 Å². The molecule has 1 fully saturated rings. The number of carboxylic acid groups (broad SMARTS) is 1. The van der Waals surface area contributed by atoms with Crippen molar-refractivity contribution in [1.82, 2.24) is 9.62 Å². The van der Waals surface area contributed by atoms with E-state index in [9.17, 15) is 18.0 Å². The molecule has 0 aromatic heterocycles. The summed E-state index contributed by atoms with van der Waals surface area (Å²) in [6.45, 7) is 0.955. The molecule has 0 aliphatic carbocycles. The zero-order chi connectivity index (χ0) is 18.4. The van der Waals surface area contributed by atoms with E-state index in [-0.39, 0.29) is 36.4 Å². The molecule has 9 heteroatoms. The zero-order valence-corrected chi connectivity index (χ0v) is 14.8. The van der Waals surface area contributed by atoms with Crippen LogP contribution >= 0.6 is 0 Å². The van der Waals surface area contributed by atoms with Crippen LogP contribution < -0.4 is 4.72 Å². The second kappa shape index (κ2) is 8.41. The third-order valence-electron chi connectivity index (χ3n) is 3.94. The Morgan fingerprint density at radius 1 is 1.32 bits per heavy atom. The average Bonchev–Trinajstić information content (AvgIpc) is 3.11. The topological polar surface area (TPSA) is 113 Å². The molecule has 0 bridgehead atoms. The fourth-order valence-corrected chi connectivity index (χ4v) is 3.52. The number of aliphatic carboxylic acids is 1. The minimum Gasteiger partial charge on any atom is -0.481 e. The Morgan fingerprint density at radius 3 is 2.56 bits per heavy atom. The molecule has 1 unspecified atom stereocenters. The van der Waals surface area contributed by atoms with Gasteiger partial charge in [-0.1, -0.05) is 0 Å². The summed E-state index contributed by atoms with van der Waals surface area (Å²) in [4.78, 5) is 24.1. The van der Waals surface area contributed by atoms with Crippen LogP contribution in [0.2, 0.25) is 0 Å². The molecule has 138 valence electrons. The maximum absolute atomic E-state index is 12.3. The van der Waals surface area contributed by atoms with Gasteiger partial charge in [0.15, 0.2) is 0 Å². The predicted molar refractivity (Wildman–Crippen MR) is 89.8 cm³/mol. The molecule has 1 aromatic rings. The van der Waals surface area contributed by atoms with Crippen LogP contribution in [-0.4, -0.2) is 63.1 Å². The highest BCUT2D eigenvalue weighted by Gasteiger charge is 2.21. The van der Waals surface area contributed by atoms with Crippen LogP contribution in [0.25, 0.3) is 0 Å². The van der Waals surface area contributed by atoms with Crippen molar-refractivity contribution in [3.05, 3.63) is 29.8 Å². The lowest BCUT2D eigenvalue weighted by molar-refractivity contribution is -0.137. The molecule has 1 aliphatic heterocycles. The monoisotopic (exact) mass is 370 g/mol. The van der Waals surface area contributed by atoms with Crippen molar-refractivity contribution >= 4 is 21.9 Å². The third-order valence-corrected chi connectivity index (χ3v) is 5.38. The number of nitrogens with zero attached hydrogens (tertiary/aromatic N) is 1. The number of benzene rings is 1. The first kappa shape index (κ1) is 19.4. The number of sulfonamides is 1. The molecule has 0 radical (unpaired) electrons. The summed E-state index contributed by atoms with van der Waals surface area (Å²) in [5.41, 5.74) is 0.297. The Bertz CT molecular complexity index is 711. The van der Waals surface area contributed by atoms with Gasteiger partial charge in [-0.3, -0.25) is 9.59 Å². The molecular formula is C16H22N2O6S. The van der Waals surface area contributed by atoms with Crippen molar-refractivity contribution in [2.24, 2.45) is 0 Å². The number of amides is 1. The molecule has 1 saturated heterocycles. The third kappa shape index (κ3) is 5.52. The second-order valence-corrected chi connectivity index (χ2v) is 7.65. The highest BCUT2D eigenvalue weighted by Crippen LogP contribution is 2.14. The summed E-state index contributed by atoms with van der Waals surface area (Å²) in [5, 5.41) is 8.65. The molecule has 0 spiro atoms. The first-order valence-corrected chi connectivity index (χ1v) is 9.46. The molecule has 2 rings (SSSR count). The fourth-order valence-electron chi connectivity index (χ4n) is 2.45. The number of hydrogen-bond acceptors (Lipinski definition) is 5. The number of rotatable bonds is 8. The van der Waals surface area contributed by atoms with Crippen LogP contribution in [0.1, 0.15) is 29.6 Å². The highest BCUT2D eigenvalue weighted by molar-refractivity contribution is 7.89. The van der Waals surface area contributed by atoms with Crippen LogP contribution in [0.4, 0.5) is 0 Å². The first-order valence-electron chi connectivity index (χ1n) is 7.98. The zero-order valence-electron chi connectivity index (χ0n) is 14.0. The van der Waals surface area contributed by atoms with Gasteiger partial charge in [-0.15, -0.1) is 0 Å². The molecule has 0 saturated carbocycles. The van der Waals surface area contributed by atoms with E-state index in [4.69, 9.17) is 9.84 Å². The molecule has 8 nitrogen and oxygen atoms in total. The molecule has 25 heavy (non-hydrogen) atoms. The quantitative estimate of drug-likeness (QED) is 0.696.